The number of amides is 1. The Kier molecular flexibility index (Phi) is 9.09. The summed E-state index contributed by atoms with van der Waals surface area (Å²) < 4.78 is 27.7. The molecule has 0 fully saturated rings. The Morgan fingerprint density at radius 1 is 0.970 bits per heavy atom. The van der Waals surface area contributed by atoms with Gasteiger partial charge in [-0.3, -0.25) is 9.10 Å². The van der Waals surface area contributed by atoms with E-state index in [1.54, 1.807) is 72.4 Å². The standard InChI is InChI=1S/C24H24Cl2N2O3S2/c1-18-7-10-21(11-8-18)33(30,31)28(20-5-3-2-4-6-20)16-24(29)27-13-14-32-17-19-9-12-22(25)23(26)15-19/h2-12,15H,13-14,16-17H2,1H3,(H,27,29). The molecule has 1 amide bonds. The van der Waals surface area contributed by atoms with Crippen LogP contribution in [0.2, 0.25) is 10.0 Å². The first kappa shape index (κ1) is 25.4. The van der Waals surface area contributed by atoms with Gasteiger partial charge in [-0.15, -0.1) is 0 Å². The van der Waals surface area contributed by atoms with E-state index in [1.165, 1.54) is 0 Å². The Bertz CT molecular complexity index is 1190. The van der Waals surface area contributed by atoms with Crippen molar-refractivity contribution >= 4 is 56.6 Å². The quantitative estimate of drug-likeness (QED) is 0.354. The molecule has 5 nitrogen and oxygen atoms in total. The number of hydrogen-bond acceptors (Lipinski definition) is 4. The maximum Gasteiger partial charge on any atom is 0.264 e. The van der Waals surface area contributed by atoms with Crippen molar-refractivity contribution < 1.29 is 13.2 Å². The number of anilines is 1. The van der Waals surface area contributed by atoms with Gasteiger partial charge in [0.1, 0.15) is 6.54 Å². The summed E-state index contributed by atoms with van der Waals surface area (Å²) in [5, 5.41) is 3.84. The van der Waals surface area contributed by atoms with E-state index < -0.39 is 10.0 Å². The van der Waals surface area contributed by atoms with Gasteiger partial charge in [0.25, 0.3) is 10.0 Å². The predicted molar refractivity (Wildman–Crippen MR) is 138 cm³/mol. The first-order valence-corrected chi connectivity index (χ1v) is 13.6. The van der Waals surface area contributed by atoms with E-state index in [2.05, 4.69) is 5.32 Å². The maximum atomic E-state index is 13.3. The van der Waals surface area contributed by atoms with Crippen LogP contribution in [0.4, 0.5) is 5.69 Å². The molecule has 0 radical (unpaired) electrons. The fourth-order valence-corrected chi connectivity index (χ4v) is 5.56. The summed E-state index contributed by atoms with van der Waals surface area (Å²) in [5.41, 5.74) is 2.43. The second-order valence-electron chi connectivity index (χ2n) is 7.31. The van der Waals surface area contributed by atoms with Crippen molar-refractivity contribution in [3.63, 3.8) is 0 Å². The number of rotatable bonds is 10. The van der Waals surface area contributed by atoms with Crippen molar-refractivity contribution in [2.24, 2.45) is 0 Å². The smallest absolute Gasteiger partial charge is 0.264 e. The van der Waals surface area contributed by atoms with Crippen molar-refractivity contribution in [1.29, 1.82) is 0 Å². The van der Waals surface area contributed by atoms with Crippen LogP contribution in [-0.2, 0) is 20.6 Å². The number of thioether (sulfide) groups is 1. The van der Waals surface area contributed by atoms with Crippen molar-refractivity contribution in [2.75, 3.05) is 23.1 Å². The second-order valence-corrected chi connectivity index (χ2v) is 11.1. The summed E-state index contributed by atoms with van der Waals surface area (Å²) in [7, 11) is -3.90. The third kappa shape index (κ3) is 7.14. The molecule has 33 heavy (non-hydrogen) atoms. The number of aryl methyl sites for hydroxylation is 1. The molecule has 0 aliphatic heterocycles. The Labute approximate surface area is 209 Å². The Morgan fingerprint density at radius 2 is 1.67 bits per heavy atom. The molecule has 174 valence electrons. The van der Waals surface area contributed by atoms with Crippen LogP contribution in [0.15, 0.2) is 77.7 Å². The molecule has 3 aromatic rings. The van der Waals surface area contributed by atoms with E-state index in [0.717, 1.165) is 21.2 Å². The van der Waals surface area contributed by atoms with Crippen LogP contribution in [0, 0.1) is 6.92 Å². The van der Waals surface area contributed by atoms with E-state index in [-0.39, 0.29) is 17.3 Å². The highest BCUT2D eigenvalue weighted by Crippen LogP contribution is 2.25. The van der Waals surface area contributed by atoms with Crippen molar-refractivity contribution in [3.8, 4) is 0 Å². The fourth-order valence-electron chi connectivity index (χ4n) is 3.02. The van der Waals surface area contributed by atoms with Crippen molar-refractivity contribution in [1.82, 2.24) is 5.32 Å². The fraction of sp³-hybridized carbons (Fsp3) is 0.208. The molecule has 0 atom stereocenters. The van der Waals surface area contributed by atoms with Crippen LogP contribution in [0.1, 0.15) is 11.1 Å². The zero-order valence-electron chi connectivity index (χ0n) is 18.0. The van der Waals surface area contributed by atoms with Gasteiger partial charge in [-0.1, -0.05) is 65.2 Å². The third-order valence-corrected chi connectivity index (χ3v) is 8.32. The van der Waals surface area contributed by atoms with Gasteiger partial charge in [-0.05, 0) is 48.9 Å². The molecule has 3 rings (SSSR count). The van der Waals surface area contributed by atoms with Crippen LogP contribution in [0.25, 0.3) is 0 Å². The Balaban J connectivity index is 1.60. The lowest BCUT2D eigenvalue weighted by Gasteiger charge is -2.24. The van der Waals surface area contributed by atoms with Gasteiger partial charge in [-0.2, -0.15) is 11.8 Å². The molecule has 0 aliphatic carbocycles. The molecular weight excluding hydrogens is 499 g/mol. The van der Waals surface area contributed by atoms with E-state index in [4.69, 9.17) is 23.2 Å². The molecule has 1 N–H and O–H groups in total. The Morgan fingerprint density at radius 3 is 2.33 bits per heavy atom. The number of sulfonamides is 1. The molecule has 0 saturated carbocycles. The van der Waals surface area contributed by atoms with Crippen LogP contribution in [0.5, 0.6) is 0 Å². The molecule has 3 aromatic carbocycles. The van der Waals surface area contributed by atoms with Crippen LogP contribution in [-0.4, -0.2) is 33.2 Å². The minimum atomic E-state index is -3.90. The molecular formula is C24H24Cl2N2O3S2. The number of carbonyl (C=O) groups is 1. The summed E-state index contributed by atoms with van der Waals surface area (Å²) in [5.74, 6) is 1.02. The van der Waals surface area contributed by atoms with Crippen LogP contribution < -0.4 is 9.62 Å². The summed E-state index contributed by atoms with van der Waals surface area (Å²) in [6, 6.07) is 20.7. The first-order chi connectivity index (χ1) is 15.8. The van der Waals surface area contributed by atoms with Gasteiger partial charge in [0.15, 0.2) is 0 Å². The van der Waals surface area contributed by atoms with Gasteiger partial charge in [0, 0.05) is 18.1 Å². The summed E-state index contributed by atoms with van der Waals surface area (Å²) in [6.07, 6.45) is 0. The number of hydrogen-bond donors (Lipinski definition) is 1. The van der Waals surface area contributed by atoms with Crippen LogP contribution in [0.3, 0.4) is 0 Å². The Hall–Kier alpha value is -2.19. The molecule has 0 aromatic heterocycles. The first-order valence-electron chi connectivity index (χ1n) is 10.2. The molecule has 0 heterocycles. The van der Waals surface area contributed by atoms with E-state index in [0.29, 0.717) is 28.0 Å². The molecule has 0 spiro atoms. The minimum absolute atomic E-state index is 0.141. The van der Waals surface area contributed by atoms with Crippen molar-refractivity contribution in [3.05, 3.63) is 94.0 Å². The normalized spacial score (nSPS) is 11.2. The highest BCUT2D eigenvalue weighted by molar-refractivity contribution is 7.98. The van der Waals surface area contributed by atoms with Gasteiger partial charge in [0.2, 0.25) is 5.91 Å². The monoisotopic (exact) mass is 522 g/mol. The SMILES string of the molecule is Cc1ccc(S(=O)(=O)N(CC(=O)NCCSCc2ccc(Cl)c(Cl)c2)c2ccccc2)cc1. The minimum Gasteiger partial charge on any atom is -0.354 e. The molecule has 0 unspecified atom stereocenters. The lowest BCUT2D eigenvalue weighted by molar-refractivity contribution is -0.119. The maximum absolute atomic E-state index is 13.3. The number of carbonyl (C=O) groups excluding carboxylic acids is 1. The van der Waals surface area contributed by atoms with Gasteiger partial charge < -0.3 is 5.32 Å². The van der Waals surface area contributed by atoms with Gasteiger partial charge in [-0.25, -0.2) is 8.42 Å². The zero-order valence-corrected chi connectivity index (χ0v) is 21.1. The van der Waals surface area contributed by atoms with E-state index >= 15 is 0 Å². The summed E-state index contributed by atoms with van der Waals surface area (Å²) in [4.78, 5) is 12.8. The molecule has 0 bridgehead atoms. The molecule has 0 aliphatic rings. The molecule has 0 saturated heterocycles. The van der Waals surface area contributed by atoms with Gasteiger partial charge in [0.05, 0.1) is 20.6 Å². The van der Waals surface area contributed by atoms with E-state index in [9.17, 15) is 13.2 Å². The van der Waals surface area contributed by atoms with E-state index in [1.807, 2.05) is 19.1 Å². The second kappa shape index (κ2) is 11.8. The lowest BCUT2D eigenvalue weighted by atomic mass is 10.2. The third-order valence-electron chi connectivity index (χ3n) is 4.76. The summed E-state index contributed by atoms with van der Waals surface area (Å²) in [6.45, 7) is 1.99. The highest BCUT2D eigenvalue weighted by Gasteiger charge is 2.26. The number of nitrogens with one attached hydrogen (secondary N) is 1. The average Bonchev–Trinajstić information content (AvgIpc) is 2.80. The number of nitrogens with zero attached hydrogens (tertiary/aromatic N) is 1. The summed E-state index contributed by atoms with van der Waals surface area (Å²) >= 11 is 13.6. The topological polar surface area (TPSA) is 66.5 Å². The van der Waals surface area contributed by atoms with Crippen molar-refractivity contribution in [2.45, 2.75) is 17.6 Å². The predicted octanol–water partition coefficient (Wildman–Crippen LogP) is 5.55. The largest absolute Gasteiger partial charge is 0.354 e. The van der Waals surface area contributed by atoms with Crippen LogP contribution >= 0.6 is 35.0 Å². The number of benzene rings is 3. The average molecular weight is 524 g/mol. The lowest BCUT2D eigenvalue weighted by Crippen LogP contribution is -2.41. The highest BCUT2D eigenvalue weighted by atomic mass is 35.5. The zero-order chi connectivity index (χ0) is 23.8. The molecule has 9 heteroatoms. The number of para-hydroxylation sites is 1. The van der Waals surface area contributed by atoms with Gasteiger partial charge >= 0.3 is 0 Å². The number of halogens is 2.